The van der Waals surface area contributed by atoms with Gasteiger partial charge in [0.2, 0.25) is 0 Å². The average molecular weight is 664 g/mol. The Hall–Kier alpha value is -5.03. The Morgan fingerprint density at radius 2 is 1.88 bits per heavy atom. The molecule has 5 heterocycles. The molecular formula is C38H41N5O6. The largest absolute Gasteiger partial charge is 0.508 e. The van der Waals surface area contributed by atoms with Crippen molar-refractivity contribution < 1.29 is 28.9 Å². The second-order valence-corrected chi connectivity index (χ2v) is 13.9. The molecule has 254 valence electrons. The molecule has 0 radical (unpaired) electrons. The normalized spacial score (nSPS) is 18.7. The Balaban J connectivity index is 1.49. The second-order valence-electron chi connectivity index (χ2n) is 13.9. The molecule has 4 aromatic rings. The minimum Gasteiger partial charge on any atom is -0.508 e. The third-order valence-corrected chi connectivity index (χ3v) is 9.54. The number of amides is 1. The highest BCUT2D eigenvalue weighted by Crippen LogP contribution is 2.46. The number of aryl methyl sites for hydroxylation is 1. The van der Waals surface area contributed by atoms with Gasteiger partial charge in [0, 0.05) is 55.6 Å². The number of phenolic OH excluding ortho intramolecular Hbond substituents is 1. The third-order valence-electron chi connectivity index (χ3n) is 9.54. The molecule has 11 nitrogen and oxygen atoms in total. The Morgan fingerprint density at radius 1 is 1.06 bits per heavy atom. The number of rotatable bonds is 3. The number of carbonyl (C=O) groups is 2. The van der Waals surface area contributed by atoms with Crippen molar-refractivity contribution in [3.63, 3.8) is 0 Å². The van der Waals surface area contributed by atoms with E-state index < -0.39 is 17.3 Å². The Kier molecular flexibility index (Phi) is 8.48. The number of hydrogen-bond donors (Lipinski definition) is 2. The molecule has 0 fully saturated rings. The number of benzene rings is 2. The van der Waals surface area contributed by atoms with Gasteiger partial charge in [-0.2, -0.15) is 5.10 Å². The van der Waals surface area contributed by atoms with Gasteiger partial charge < -0.3 is 23.9 Å². The number of fused-ring (bicyclic) bond motifs is 5. The highest BCUT2D eigenvalue weighted by Gasteiger charge is 2.33. The second kappa shape index (κ2) is 12.8. The standard InChI is InChI=1S/C38H41N5O6/c1-22(47-4)33-27(8-5-10-40-33)34-29-20-38(2,3)21-49-37(46)31-9-6-12-43(41-31)36(45)30(39)16-23-14-24(17-26(44)15-23)25-18-28(29)35-32(19-25)48-13-7-11-42(34)35/h5,8,10,14-15,17-19,22,39,44H,6-7,9,11-13,16,20-21H2,1-4H3/t22-/m0/s1. The summed E-state index contributed by atoms with van der Waals surface area (Å²) >= 11 is 0. The summed E-state index contributed by atoms with van der Waals surface area (Å²) in [6.07, 6.45) is 3.78. The number of nitrogens with zero attached hydrogens (tertiary/aromatic N) is 4. The van der Waals surface area contributed by atoms with Crippen LogP contribution in [0.2, 0.25) is 0 Å². The number of esters is 1. The molecule has 1 amide bonds. The van der Waals surface area contributed by atoms with Crippen LogP contribution < -0.4 is 4.74 Å². The van der Waals surface area contributed by atoms with E-state index in [4.69, 9.17) is 24.6 Å². The summed E-state index contributed by atoms with van der Waals surface area (Å²) in [7, 11) is 1.68. The zero-order valence-corrected chi connectivity index (χ0v) is 28.3. The van der Waals surface area contributed by atoms with E-state index in [-0.39, 0.29) is 36.3 Å². The van der Waals surface area contributed by atoms with Gasteiger partial charge >= 0.3 is 5.97 Å². The lowest BCUT2D eigenvalue weighted by molar-refractivity contribution is -0.138. The number of cyclic esters (lactones) is 1. The summed E-state index contributed by atoms with van der Waals surface area (Å²) in [5.41, 5.74) is 6.49. The molecule has 0 spiro atoms. The molecule has 3 aliphatic heterocycles. The highest BCUT2D eigenvalue weighted by atomic mass is 16.5. The zero-order chi connectivity index (χ0) is 34.4. The molecule has 2 aromatic carbocycles. The predicted molar refractivity (Wildman–Crippen MR) is 186 cm³/mol. The lowest BCUT2D eigenvalue weighted by Gasteiger charge is -2.27. The van der Waals surface area contributed by atoms with Crippen LogP contribution in [0.3, 0.4) is 0 Å². The smallest absolute Gasteiger partial charge is 0.354 e. The van der Waals surface area contributed by atoms with Crippen LogP contribution in [0.15, 0.2) is 53.8 Å². The van der Waals surface area contributed by atoms with Gasteiger partial charge in [0.15, 0.2) is 0 Å². The number of aromatic hydroxyl groups is 1. The Bertz CT molecular complexity index is 2030. The van der Waals surface area contributed by atoms with E-state index in [1.54, 1.807) is 25.4 Å². The minimum atomic E-state index is -0.581. The molecule has 0 unspecified atom stereocenters. The molecule has 0 saturated carbocycles. The first-order valence-electron chi connectivity index (χ1n) is 16.8. The first kappa shape index (κ1) is 32.5. The van der Waals surface area contributed by atoms with Crippen molar-refractivity contribution in [2.24, 2.45) is 10.5 Å². The minimum absolute atomic E-state index is 0.0148. The number of pyridine rings is 1. The quantitative estimate of drug-likeness (QED) is 0.248. The topological polar surface area (TPSA) is 139 Å². The van der Waals surface area contributed by atoms with Gasteiger partial charge in [0.1, 0.15) is 22.9 Å². The van der Waals surface area contributed by atoms with Crippen LogP contribution in [0.1, 0.15) is 63.0 Å². The van der Waals surface area contributed by atoms with Crippen molar-refractivity contribution in [1.82, 2.24) is 14.6 Å². The fourth-order valence-corrected chi connectivity index (χ4v) is 7.15. The van der Waals surface area contributed by atoms with E-state index in [1.807, 2.05) is 25.1 Å². The monoisotopic (exact) mass is 663 g/mol. The molecule has 0 saturated heterocycles. The number of nitrogens with one attached hydrogen (secondary N) is 1. The van der Waals surface area contributed by atoms with Crippen molar-refractivity contribution >= 4 is 34.2 Å². The summed E-state index contributed by atoms with van der Waals surface area (Å²) in [6.45, 7) is 7.82. The lowest BCUT2D eigenvalue weighted by Crippen LogP contribution is -2.39. The molecule has 49 heavy (non-hydrogen) atoms. The van der Waals surface area contributed by atoms with Crippen LogP contribution in [0.5, 0.6) is 11.5 Å². The fourth-order valence-electron chi connectivity index (χ4n) is 7.15. The molecule has 11 heteroatoms. The maximum absolute atomic E-state index is 13.3. The number of hydrazone groups is 1. The SMILES string of the molecule is CO[C@@H](C)c1ncccc1-c1c2c3cc(cc4c3n1CCCO4)-c1cc(O)cc(c1)CC(=N)C(=O)N1CCCC(=N1)C(=O)OCC(C)(C)C2. The molecule has 0 aliphatic carbocycles. The van der Waals surface area contributed by atoms with Gasteiger partial charge in [-0.25, -0.2) is 9.80 Å². The van der Waals surface area contributed by atoms with Crippen molar-refractivity contribution in [3.8, 4) is 33.9 Å². The zero-order valence-electron chi connectivity index (χ0n) is 28.3. The molecule has 1 atom stereocenters. The van der Waals surface area contributed by atoms with Crippen LogP contribution in [-0.4, -0.2) is 69.8 Å². The van der Waals surface area contributed by atoms with Gasteiger partial charge in [-0.1, -0.05) is 19.9 Å². The van der Waals surface area contributed by atoms with Crippen molar-refractivity contribution in [2.75, 3.05) is 26.9 Å². The number of carbonyl (C=O) groups excluding carboxylic acids is 2. The number of ether oxygens (including phenoxy) is 3. The molecular weight excluding hydrogens is 622 g/mol. The van der Waals surface area contributed by atoms with E-state index in [0.717, 1.165) is 63.3 Å². The third kappa shape index (κ3) is 6.19. The van der Waals surface area contributed by atoms with E-state index in [9.17, 15) is 14.7 Å². The highest BCUT2D eigenvalue weighted by molar-refractivity contribution is 6.40. The van der Waals surface area contributed by atoms with Gasteiger partial charge in [0.05, 0.1) is 36.2 Å². The average Bonchev–Trinajstić information content (AvgIpc) is 3.23. The van der Waals surface area contributed by atoms with Gasteiger partial charge in [0.25, 0.3) is 5.91 Å². The lowest BCUT2D eigenvalue weighted by atomic mass is 9.84. The predicted octanol–water partition coefficient (Wildman–Crippen LogP) is 6.23. The summed E-state index contributed by atoms with van der Waals surface area (Å²) in [5, 5.41) is 26.0. The Labute approximate surface area is 285 Å². The maximum atomic E-state index is 13.3. The number of hydrogen-bond acceptors (Lipinski definition) is 9. The van der Waals surface area contributed by atoms with Gasteiger partial charge in [-0.15, -0.1) is 0 Å². The van der Waals surface area contributed by atoms with Crippen LogP contribution in [0, 0.1) is 10.8 Å². The van der Waals surface area contributed by atoms with Crippen molar-refractivity contribution in [3.05, 3.63) is 65.5 Å². The van der Waals surface area contributed by atoms with E-state index in [0.29, 0.717) is 38.0 Å². The Morgan fingerprint density at radius 3 is 2.69 bits per heavy atom. The van der Waals surface area contributed by atoms with Crippen LogP contribution >= 0.6 is 0 Å². The first-order valence-corrected chi connectivity index (χ1v) is 16.8. The van der Waals surface area contributed by atoms with Crippen molar-refractivity contribution in [2.45, 2.75) is 65.5 Å². The number of aromatic nitrogens is 2. The van der Waals surface area contributed by atoms with E-state index in [2.05, 4.69) is 35.6 Å². The summed E-state index contributed by atoms with van der Waals surface area (Å²) in [6, 6.07) is 13.3. The van der Waals surface area contributed by atoms with Crippen molar-refractivity contribution in [1.29, 1.82) is 5.41 Å². The fraction of sp³-hybridized carbons (Fsp3) is 0.395. The van der Waals surface area contributed by atoms with E-state index in [1.165, 1.54) is 5.01 Å². The summed E-state index contributed by atoms with van der Waals surface area (Å²) in [5.74, 6) is -0.381. The summed E-state index contributed by atoms with van der Waals surface area (Å²) < 4.78 is 20.4. The molecule has 2 aromatic heterocycles. The first-order chi connectivity index (χ1) is 23.5. The number of phenols is 1. The molecule has 7 rings (SSSR count). The van der Waals surface area contributed by atoms with Crippen LogP contribution in [0.25, 0.3) is 33.3 Å². The van der Waals surface area contributed by atoms with Crippen LogP contribution in [-0.2, 0) is 38.4 Å². The van der Waals surface area contributed by atoms with Crippen LogP contribution in [0.4, 0.5) is 0 Å². The van der Waals surface area contributed by atoms with E-state index >= 15 is 0 Å². The maximum Gasteiger partial charge on any atom is 0.354 e. The molecule has 6 bridgehead atoms. The van der Waals surface area contributed by atoms with Gasteiger partial charge in [-0.3, -0.25) is 15.2 Å². The number of methoxy groups -OCH3 is 1. The molecule has 3 aliphatic rings. The summed E-state index contributed by atoms with van der Waals surface area (Å²) in [4.78, 5) is 31.4. The van der Waals surface area contributed by atoms with Gasteiger partial charge in [-0.05, 0) is 84.8 Å². The molecule has 2 N–H and O–H groups in total.